The molecular formula is C16H24N4. The normalized spacial score (nSPS) is 23.1. The van der Waals surface area contributed by atoms with Crippen molar-refractivity contribution in [2.75, 3.05) is 33.2 Å². The Hall–Kier alpha value is -1.55. The fraction of sp³-hybridized carbons (Fsp3) is 0.562. The van der Waals surface area contributed by atoms with Gasteiger partial charge in [-0.2, -0.15) is 0 Å². The van der Waals surface area contributed by atoms with Crippen LogP contribution in [-0.2, 0) is 6.54 Å². The Morgan fingerprint density at radius 1 is 1.25 bits per heavy atom. The number of likely N-dealkylation sites (tertiary alicyclic amines) is 1. The van der Waals surface area contributed by atoms with E-state index >= 15 is 0 Å². The van der Waals surface area contributed by atoms with Crippen molar-refractivity contribution in [3.63, 3.8) is 0 Å². The van der Waals surface area contributed by atoms with Crippen molar-refractivity contribution < 1.29 is 0 Å². The van der Waals surface area contributed by atoms with E-state index in [4.69, 9.17) is 0 Å². The van der Waals surface area contributed by atoms with E-state index < -0.39 is 0 Å². The van der Waals surface area contributed by atoms with Crippen LogP contribution in [0.4, 0.5) is 0 Å². The highest BCUT2D eigenvalue weighted by molar-refractivity contribution is 5.81. The third-order valence-corrected chi connectivity index (χ3v) is 4.28. The number of hydrogen-bond donors (Lipinski definition) is 1. The Balaban J connectivity index is 1.53. The van der Waals surface area contributed by atoms with E-state index in [9.17, 15) is 0 Å². The zero-order chi connectivity index (χ0) is 13.8. The number of guanidine groups is 1. The lowest BCUT2D eigenvalue weighted by Gasteiger charge is -2.26. The van der Waals surface area contributed by atoms with Crippen LogP contribution in [0.1, 0.15) is 18.4 Å². The van der Waals surface area contributed by atoms with Crippen molar-refractivity contribution in [2.45, 2.75) is 25.4 Å². The molecule has 1 saturated heterocycles. The Labute approximate surface area is 121 Å². The van der Waals surface area contributed by atoms with Crippen LogP contribution in [0.5, 0.6) is 0 Å². The molecular weight excluding hydrogens is 248 g/mol. The molecule has 1 fully saturated rings. The summed E-state index contributed by atoms with van der Waals surface area (Å²) in [5.74, 6) is 1.07. The number of aliphatic imine (C=N–C) groups is 1. The van der Waals surface area contributed by atoms with Gasteiger partial charge in [-0.3, -0.25) is 9.89 Å². The van der Waals surface area contributed by atoms with Crippen LogP contribution in [-0.4, -0.2) is 55.0 Å². The molecule has 1 unspecified atom stereocenters. The Morgan fingerprint density at radius 2 is 2.10 bits per heavy atom. The molecule has 0 bridgehead atoms. The molecule has 0 aliphatic carbocycles. The minimum absolute atomic E-state index is 0.631. The number of rotatable bonds is 4. The summed E-state index contributed by atoms with van der Waals surface area (Å²) >= 11 is 0. The third kappa shape index (κ3) is 3.12. The summed E-state index contributed by atoms with van der Waals surface area (Å²) in [6.45, 7) is 5.26. The van der Waals surface area contributed by atoms with E-state index in [1.807, 2.05) is 0 Å². The largest absolute Gasteiger partial charge is 0.355 e. The fourth-order valence-electron chi connectivity index (χ4n) is 3.08. The van der Waals surface area contributed by atoms with Gasteiger partial charge < -0.3 is 10.2 Å². The summed E-state index contributed by atoms with van der Waals surface area (Å²) in [6, 6.07) is 11.4. The molecule has 2 aliphatic heterocycles. The quantitative estimate of drug-likeness (QED) is 0.902. The maximum absolute atomic E-state index is 4.50. The first-order chi connectivity index (χ1) is 9.83. The highest BCUT2D eigenvalue weighted by Gasteiger charge is 2.25. The summed E-state index contributed by atoms with van der Waals surface area (Å²) in [5, 5.41) is 3.52. The molecule has 1 aromatic rings. The van der Waals surface area contributed by atoms with Gasteiger partial charge in [-0.25, -0.2) is 0 Å². The van der Waals surface area contributed by atoms with Gasteiger partial charge in [-0.05, 0) is 24.9 Å². The molecule has 108 valence electrons. The molecule has 4 heteroatoms. The molecule has 1 N–H and O–H groups in total. The zero-order valence-corrected chi connectivity index (χ0v) is 12.3. The maximum atomic E-state index is 4.50. The van der Waals surface area contributed by atoms with E-state index in [0.29, 0.717) is 6.04 Å². The Kier molecular flexibility index (Phi) is 4.21. The molecule has 0 amide bonds. The van der Waals surface area contributed by atoms with Crippen molar-refractivity contribution in [3.8, 4) is 0 Å². The lowest BCUT2D eigenvalue weighted by atomic mass is 10.2. The van der Waals surface area contributed by atoms with E-state index in [1.165, 1.54) is 24.9 Å². The minimum Gasteiger partial charge on any atom is -0.355 e. The molecule has 2 heterocycles. The predicted molar refractivity (Wildman–Crippen MR) is 82.8 cm³/mol. The van der Waals surface area contributed by atoms with Gasteiger partial charge in [0.05, 0.1) is 6.54 Å². The van der Waals surface area contributed by atoms with Crippen LogP contribution in [0, 0.1) is 0 Å². The first kappa shape index (κ1) is 13.4. The summed E-state index contributed by atoms with van der Waals surface area (Å²) in [6.07, 6.45) is 2.60. The summed E-state index contributed by atoms with van der Waals surface area (Å²) in [4.78, 5) is 9.30. The van der Waals surface area contributed by atoms with Gasteiger partial charge in [0.1, 0.15) is 0 Å². The molecule has 0 radical (unpaired) electrons. The fourth-order valence-corrected chi connectivity index (χ4v) is 3.08. The van der Waals surface area contributed by atoms with Crippen LogP contribution in [0.3, 0.4) is 0 Å². The number of hydrogen-bond acceptors (Lipinski definition) is 4. The average Bonchev–Trinajstić information content (AvgIpc) is 3.07. The molecule has 1 atom stereocenters. The van der Waals surface area contributed by atoms with Crippen molar-refractivity contribution in [1.82, 2.24) is 15.1 Å². The van der Waals surface area contributed by atoms with Crippen LogP contribution >= 0.6 is 0 Å². The molecule has 1 aromatic carbocycles. The number of benzene rings is 1. The van der Waals surface area contributed by atoms with Gasteiger partial charge in [0.25, 0.3) is 0 Å². The first-order valence-electron chi connectivity index (χ1n) is 7.60. The zero-order valence-electron chi connectivity index (χ0n) is 12.3. The van der Waals surface area contributed by atoms with Crippen LogP contribution in [0.2, 0.25) is 0 Å². The number of nitrogens with one attached hydrogen (secondary N) is 1. The van der Waals surface area contributed by atoms with Gasteiger partial charge in [0, 0.05) is 32.7 Å². The molecule has 2 aliphatic rings. The van der Waals surface area contributed by atoms with E-state index in [1.54, 1.807) is 0 Å². The predicted octanol–water partition coefficient (Wildman–Crippen LogP) is 1.54. The molecule has 20 heavy (non-hydrogen) atoms. The lowest BCUT2D eigenvalue weighted by Crippen LogP contribution is -2.43. The Morgan fingerprint density at radius 3 is 2.85 bits per heavy atom. The maximum Gasteiger partial charge on any atom is 0.193 e. The second kappa shape index (κ2) is 6.27. The highest BCUT2D eigenvalue weighted by atomic mass is 15.3. The van der Waals surface area contributed by atoms with Crippen LogP contribution in [0.15, 0.2) is 35.3 Å². The lowest BCUT2D eigenvalue weighted by molar-refractivity contribution is 0.244. The summed E-state index contributed by atoms with van der Waals surface area (Å²) < 4.78 is 0. The standard InChI is InChI=1S/C16H24N4/c1-19-11-9-17-16(19)18-12-15-8-5-10-20(15)13-14-6-3-2-4-7-14/h2-4,6-7,15H,5,8-13H2,1H3,(H,17,18). The van der Waals surface area contributed by atoms with Gasteiger partial charge in [-0.1, -0.05) is 30.3 Å². The molecule has 4 nitrogen and oxygen atoms in total. The van der Waals surface area contributed by atoms with Gasteiger partial charge in [-0.15, -0.1) is 0 Å². The number of nitrogens with zero attached hydrogens (tertiary/aromatic N) is 3. The van der Waals surface area contributed by atoms with Gasteiger partial charge in [0.15, 0.2) is 5.96 Å². The minimum atomic E-state index is 0.631. The first-order valence-corrected chi connectivity index (χ1v) is 7.60. The molecule has 3 rings (SSSR count). The Bertz CT molecular complexity index is 457. The van der Waals surface area contributed by atoms with Crippen molar-refractivity contribution in [1.29, 1.82) is 0 Å². The van der Waals surface area contributed by atoms with Crippen LogP contribution in [0.25, 0.3) is 0 Å². The van der Waals surface area contributed by atoms with Crippen molar-refractivity contribution in [2.24, 2.45) is 4.99 Å². The third-order valence-electron chi connectivity index (χ3n) is 4.28. The molecule has 0 saturated carbocycles. The van der Waals surface area contributed by atoms with E-state index in [-0.39, 0.29) is 0 Å². The number of likely N-dealkylation sites (N-methyl/N-ethyl adjacent to an activating group) is 1. The monoisotopic (exact) mass is 272 g/mol. The van der Waals surface area contributed by atoms with Crippen LogP contribution < -0.4 is 5.32 Å². The van der Waals surface area contributed by atoms with Crippen molar-refractivity contribution in [3.05, 3.63) is 35.9 Å². The van der Waals surface area contributed by atoms with Crippen molar-refractivity contribution >= 4 is 5.96 Å². The second-order valence-electron chi connectivity index (χ2n) is 5.76. The highest BCUT2D eigenvalue weighted by Crippen LogP contribution is 2.19. The van der Waals surface area contributed by atoms with E-state index in [2.05, 4.69) is 57.5 Å². The molecule has 0 aromatic heterocycles. The molecule has 0 spiro atoms. The summed E-state index contributed by atoms with van der Waals surface area (Å²) in [5.41, 5.74) is 1.41. The smallest absolute Gasteiger partial charge is 0.193 e. The van der Waals surface area contributed by atoms with Gasteiger partial charge >= 0.3 is 0 Å². The summed E-state index contributed by atoms with van der Waals surface area (Å²) in [7, 11) is 2.11. The van der Waals surface area contributed by atoms with E-state index in [0.717, 1.165) is 32.1 Å². The van der Waals surface area contributed by atoms with Gasteiger partial charge in [0.2, 0.25) is 0 Å². The SMILES string of the molecule is CN1CCN=C1NCC1CCCN1Cc1ccccc1. The average molecular weight is 272 g/mol. The second-order valence-corrected chi connectivity index (χ2v) is 5.76. The topological polar surface area (TPSA) is 30.9 Å².